The molecule has 35 heavy (non-hydrogen) atoms. The summed E-state index contributed by atoms with van der Waals surface area (Å²) in [6.07, 6.45) is 2.49. The Morgan fingerprint density at radius 1 is 1.06 bits per heavy atom. The zero-order chi connectivity index (χ0) is 24.8. The SMILES string of the molecule is C=C(c1ccc(C)c(NS(=O)(=O)CCc2ccccc2)c1)N1CCC(c2ccc(C#N)cc2)CC1. The Hall–Kier alpha value is -3.56. The van der Waals surface area contributed by atoms with E-state index in [0.29, 0.717) is 23.6 Å². The zero-order valence-electron chi connectivity index (χ0n) is 20.1. The van der Waals surface area contributed by atoms with Gasteiger partial charge in [0.1, 0.15) is 0 Å². The molecule has 0 saturated carbocycles. The van der Waals surface area contributed by atoms with E-state index in [1.54, 1.807) is 0 Å². The van der Waals surface area contributed by atoms with E-state index in [-0.39, 0.29) is 5.75 Å². The highest BCUT2D eigenvalue weighted by atomic mass is 32.2. The predicted molar refractivity (Wildman–Crippen MR) is 142 cm³/mol. The number of benzene rings is 3. The summed E-state index contributed by atoms with van der Waals surface area (Å²) in [5.74, 6) is 0.501. The van der Waals surface area contributed by atoms with Crippen molar-refractivity contribution >= 4 is 21.4 Å². The molecule has 0 bridgehead atoms. The smallest absolute Gasteiger partial charge is 0.233 e. The lowest BCUT2D eigenvalue weighted by Gasteiger charge is -2.35. The van der Waals surface area contributed by atoms with E-state index in [4.69, 9.17) is 5.26 Å². The molecular weight excluding hydrogens is 454 g/mol. The Morgan fingerprint density at radius 2 is 1.74 bits per heavy atom. The fourth-order valence-corrected chi connectivity index (χ4v) is 5.68. The molecule has 0 atom stereocenters. The number of sulfonamides is 1. The molecule has 1 fully saturated rings. The summed E-state index contributed by atoms with van der Waals surface area (Å²) in [7, 11) is -3.48. The van der Waals surface area contributed by atoms with Crippen molar-refractivity contribution in [3.63, 3.8) is 0 Å². The van der Waals surface area contributed by atoms with E-state index >= 15 is 0 Å². The number of nitriles is 1. The molecule has 0 radical (unpaired) electrons. The molecule has 0 amide bonds. The van der Waals surface area contributed by atoms with E-state index < -0.39 is 10.0 Å². The van der Waals surface area contributed by atoms with Gasteiger partial charge in [0.05, 0.1) is 23.1 Å². The summed E-state index contributed by atoms with van der Waals surface area (Å²) in [5, 5.41) is 9.01. The van der Waals surface area contributed by atoms with Crippen molar-refractivity contribution in [2.45, 2.75) is 32.1 Å². The summed E-state index contributed by atoms with van der Waals surface area (Å²) in [5.41, 5.74) is 6.28. The number of piperidine rings is 1. The number of nitrogens with one attached hydrogen (secondary N) is 1. The van der Waals surface area contributed by atoms with Crippen molar-refractivity contribution in [3.05, 3.63) is 107 Å². The first-order chi connectivity index (χ1) is 16.8. The van der Waals surface area contributed by atoms with Crippen LogP contribution in [0.2, 0.25) is 0 Å². The summed E-state index contributed by atoms with van der Waals surface area (Å²) in [4.78, 5) is 2.28. The van der Waals surface area contributed by atoms with Gasteiger partial charge in [-0.1, -0.05) is 61.2 Å². The van der Waals surface area contributed by atoms with Gasteiger partial charge >= 0.3 is 0 Å². The van der Waals surface area contributed by atoms with Crippen LogP contribution in [0, 0.1) is 18.3 Å². The van der Waals surface area contributed by atoms with Crippen LogP contribution in [0.5, 0.6) is 0 Å². The van der Waals surface area contributed by atoms with E-state index in [9.17, 15) is 8.42 Å². The fraction of sp³-hybridized carbons (Fsp3) is 0.276. The van der Waals surface area contributed by atoms with Crippen LogP contribution < -0.4 is 4.72 Å². The van der Waals surface area contributed by atoms with Gasteiger partial charge in [0.2, 0.25) is 10.0 Å². The van der Waals surface area contributed by atoms with Crippen molar-refractivity contribution < 1.29 is 8.42 Å². The Labute approximate surface area is 208 Å². The Kier molecular flexibility index (Phi) is 7.57. The summed E-state index contributed by atoms with van der Waals surface area (Å²) in [6, 6.07) is 25.5. The maximum absolute atomic E-state index is 12.8. The number of likely N-dealkylation sites (tertiary alicyclic amines) is 1. The number of hydrogen-bond donors (Lipinski definition) is 1. The van der Waals surface area contributed by atoms with Gasteiger partial charge in [0, 0.05) is 18.8 Å². The van der Waals surface area contributed by atoms with Crippen LogP contribution >= 0.6 is 0 Å². The lowest BCUT2D eigenvalue weighted by atomic mass is 9.88. The fourth-order valence-electron chi connectivity index (χ4n) is 4.52. The highest BCUT2D eigenvalue weighted by Crippen LogP contribution is 2.32. The number of nitrogens with zero attached hydrogens (tertiary/aromatic N) is 2. The standard InChI is InChI=1S/C29H31N3O2S/c1-22-8-11-28(20-29(22)31-35(33,34)19-16-24-6-4-3-5-7-24)23(2)32-17-14-27(15-18-32)26-12-9-25(21-30)10-13-26/h3-13,20,27,31H,2,14-19H2,1H3. The summed E-state index contributed by atoms with van der Waals surface area (Å²) >= 11 is 0. The third kappa shape index (κ3) is 6.32. The zero-order valence-corrected chi connectivity index (χ0v) is 20.9. The molecule has 0 unspecified atom stereocenters. The minimum absolute atomic E-state index is 0.0322. The minimum Gasteiger partial charge on any atom is -0.371 e. The topological polar surface area (TPSA) is 73.2 Å². The normalized spacial score (nSPS) is 14.3. The van der Waals surface area contributed by atoms with Gasteiger partial charge in [0.15, 0.2) is 0 Å². The lowest BCUT2D eigenvalue weighted by Crippen LogP contribution is -2.31. The first kappa shape index (κ1) is 24.6. The molecular formula is C29H31N3O2S. The molecule has 1 aliphatic rings. The lowest BCUT2D eigenvalue weighted by molar-refractivity contribution is 0.299. The Balaban J connectivity index is 1.38. The Morgan fingerprint density at radius 3 is 2.40 bits per heavy atom. The van der Waals surface area contributed by atoms with Gasteiger partial charge in [-0.15, -0.1) is 0 Å². The van der Waals surface area contributed by atoms with Crippen molar-refractivity contribution in [2.75, 3.05) is 23.6 Å². The van der Waals surface area contributed by atoms with Crippen LogP contribution in [0.15, 0.2) is 79.4 Å². The highest BCUT2D eigenvalue weighted by Gasteiger charge is 2.22. The average Bonchev–Trinajstić information content (AvgIpc) is 2.89. The third-order valence-electron chi connectivity index (χ3n) is 6.73. The molecule has 3 aromatic carbocycles. The number of anilines is 1. The first-order valence-electron chi connectivity index (χ1n) is 11.9. The summed E-state index contributed by atoms with van der Waals surface area (Å²) in [6.45, 7) is 8.00. The minimum atomic E-state index is -3.48. The molecule has 6 heteroatoms. The molecule has 4 rings (SSSR count). The van der Waals surface area contributed by atoms with Crippen molar-refractivity contribution in [3.8, 4) is 6.07 Å². The van der Waals surface area contributed by atoms with Crippen LogP contribution in [-0.4, -0.2) is 32.2 Å². The van der Waals surface area contributed by atoms with Gasteiger partial charge in [0.25, 0.3) is 0 Å². The van der Waals surface area contributed by atoms with Crippen molar-refractivity contribution in [1.82, 2.24) is 4.90 Å². The number of hydrogen-bond acceptors (Lipinski definition) is 4. The molecule has 1 aliphatic heterocycles. The van der Waals surface area contributed by atoms with Crippen LogP contribution in [-0.2, 0) is 16.4 Å². The van der Waals surface area contributed by atoms with E-state index in [1.807, 2.05) is 67.6 Å². The molecule has 5 nitrogen and oxygen atoms in total. The molecule has 0 spiro atoms. The number of rotatable bonds is 8. The van der Waals surface area contributed by atoms with E-state index in [1.165, 1.54) is 5.56 Å². The van der Waals surface area contributed by atoms with Crippen molar-refractivity contribution in [2.24, 2.45) is 0 Å². The molecule has 1 heterocycles. The second-order valence-corrected chi connectivity index (χ2v) is 11.0. The van der Waals surface area contributed by atoms with Gasteiger partial charge < -0.3 is 4.90 Å². The maximum Gasteiger partial charge on any atom is 0.233 e. The molecule has 0 aromatic heterocycles. The van der Waals surface area contributed by atoms with Gasteiger partial charge in [-0.3, -0.25) is 4.72 Å². The molecule has 180 valence electrons. The van der Waals surface area contributed by atoms with E-state index in [0.717, 1.165) is 48.3 Å². The van der Waals surface area contributed by atoms with E-state index in [2.05, 4.69) is 34.4 Å². The van der Waals surface area contributed by atoms with Gasteiger partial charge in [-0.25, -0.2) is 8.42 Å². The highest BCUT2D eigenvalue weighted by molar-refractivity contribution is 7.92. The molecule has 3 aromatic rings. The van der Waals surface area contributed by atoms with Crippen LogP contribution in [0.3, 0.4) is 0 Å². The second kappa shape index (κ2) is 10.8. The van der Waals surface area contributed by atoms with Crippen LogP contribution in [0.1, 0.15) is 46.6 Å². The molecule has 0 aliphatic carbocycles. The van der Waals surface area contributed by atoms with Crippen LogP contribution in [0.4, 0.5) is 5.69 Å². The predicted octanol–water partition coefficient (Wildman–Crippen LogP) is 5.70. The first-order valence-corrected chi connectivity index (χ1v) is 13.6. The number of aryl methyl sites for hydroxylation is 2. The summed E-state index contributed by atoms with van der Waals surface area (Å²) < 4.78 is 28.3. The van der Waals surface area contributed by atoms with Gasteiger partial charge in [-0.2, -0.15) is 5.26 Å². The maximum atomic E-state index is 12.8. The third-order valence-corrected chi connectivity index (χ3v) is 8.00. The van der Waals surface area contributed by atoms with Crippen LogP contribution in [0.25, 0.3) is 5.70 Å². The Bertz CT molecular complexity index is 1320. The second-order valence-electron chi connectivity index (χ2n) is 9.13. The largest absolute Gasteiger partial charge is 0.371 e. The average molecular weight is 486 g/mol. The van der Waals surface area contributed by atoms with Gasteiger partial charge in [-0.05, 0) is 72.6 Å². The quantitative estimate of drug-likeness (QED) is 0.444. The molecule has 1 saturated heterocycles. The molecule has 1 N–H and O–H groups in total. The van der Waals surface area contributed by atoms with Crippen molar-refractivity contribution in [1.29, 1.82) is 5.26 Å². The monoisotopic (exact) mass is 485 g/mol.